The highest BCUT2D eigenvalue weighted by Gasteiger charge is 2.16. The average molecular weight is 425 g/mol. The molecule has 0 spiro atoms. The van der Waals surface area contributed by atoms with Crippen molar-refractivity contribution in [3.05, 3.63) is 105 Å². The molecule has 0 unspecified atom stereocenters. The molecule has 0 saturated heterocycles. The molecule has 9 heteroatoms. The van der Waals surface area contributed by atoms with Crippen molar-refractivity contribution in [3.63, 3.8) is 0 Å². The molecule has 0 N–H and O–H groups in total. The van der Waals surface area contributed by atoms with E-state index in [1.807, 2.05) is 48.5 Å². The summed E-state index contributed by atoms with van der Waals surface area (Å²) >= 11 is 0. The van der Waals surface area contributed by atoms with Gasteiger partial charge in [-0.05, 0) is 35.9 Å². The van der Waals surface area contributed by atoms with Crippen LogP contribution in [0.5, 0.6) is 0 Å². The Bertz CT molecular complexity index is 1490. The molecule has 3 heterocycles. The number of benzene rings is 2. The van der Waals surface area contributed by atoms with Crippen LogP contribution in [0.2, 0.25) is 0 Å². The molecule has 9 nitrogen and oxygen atoms in total. The third-order valence-corrected chi connectivity index (χ3v) is 5.02. The minimum absolute atomic E-state index is 0.0321. The number of fused-ring (bicyclic) bond motifs is 1. The van der Waals surface area contributed by atoms with E-state index in [-0.39, 0.29) is 29.6 Å². The molecule has 0 aliphatic carbocycles. The molecule has 0 amide bonds. The number of aromatic nitrogens is 4. The molecule has 156 valence electrons. The molecule has 3 aromatic heterocycles. The molecular formula is C23H15N5O4. The van der Waals surface area contributed by atoms with Crippen LogP contribution >= 0.6 is 0 Å². The number of pyridine rings is 2. The summed E-state index contributed by atoms with van der Waals surface area (Å²) in [6.45, 7) is 0.0347. The van der Waals surface area contributed by atoms with Crippen molar-refractivity contribution in [1.82, 2.24) is 19.7 Å². The normalized spacial score (nSPS) is 11.0. The van der Waals surface area contributed by atoms with Gasteiger partial charge in [0, 0.05) is 34.8 Å². The van der Waals surface area contributed by atoms with E-state index >= 15 is 0 Å². The van der Waals surface area contributed by atoms with Crippen molar-refractivity contribution in [2.45, 2.75) is 6.54 Å². The van der Waals surface area contributed by atoms with Crippen molar-refractivity contribution < 1.29 is 9.34 Å². The lowest BCUT2D eigenvalue weighted by Crippen LogP contribution is -2.23. The van der Waals surface area contributed by atoms with Crippen LogP contribution in [0.3, 0.4) is 0 Å². The lowest BCUT2D eigenvalue weighted by molar-refractivity contribution is -0.384. The summed E-state index contributed by atoms with van der Waals surface area (Å²) in [6, 6.07) is 20.7. The van der Waals surface area contributed by atoms with E-state index in [1.165, 1.54) is 28.8 Å². The van der Waals surface area contributed by atoms with Crippen LogP contribution in [0.15, 0.2) is 88.2 Å². The first kappa shape index (κ1) is 19.3. The molecule has 5 rings (SSSR count). The van der Waals surface area contributed by atoms with Crippen LogP contribution in [0, 0.1) is 10.1 Å². The smallest absolute Gasteiger partial charge is 0.269 e. The third kappa shape index (κ3) is 3.52. The Hall–Kier alpha value is -4.66. The van der Waals surface area contributed by atoms with Crippen molar-refractivity contribution >= 4 is 16.7 Å². The van der Waals surface area contributed by atoms with E-state index in [1.54, 1.807) is 6.20 Å². The standard InChI is InChI=1S/C23H15N5O4/c29-23-19(15-5-2-1-3-6-15)13-17-7-4-12-24-21(17)27(23)14-20-25-26-22(32-20)16-8-10-18(11-9-16)28(30)31/h1-13H,14H2. The van der Waals surface area contributed by atoms with Crippen LogP contribution in [0.25, 0.3) is 33.6 Å². The molecular weight excluding hydrogens is 410 g/mol. The van der Waals surface area contributed by atoms with Gasteiger partial charge in [-0.2, -0.15) is 0 Å². The fraction of sp³-hybridized carbons (Fsp3) is 0.0435. The van der Waals surface area contributed by atoms with E-state index in [2.05, 4.69) is 15.2 Å². The minimum atomic E-state index is -0.479. The Morgan fingerprint density at radius 2 is 1.72 bits per heavy atom. The Balaban J connectivity index is 1.55. The van der Waals surface area contributed by atoms with Gasteiger partial charge in [0.15, 0.2) is 0 Å². The van der Waals surface area contributed by atoms with E-state index in [9.17, 15) is 14.9 Å². The number of hydrogen-bond donors (Lipinski definition) is 0. The third-order valence-electron chi connectivity index (χ3n) is 5.02. The van der Waals surface area contributed by atoms with Gasteiger partial charge in [0.05, 0.1) is 4.92 Å². The molecule has 0 fully saturated rings. The SMILES string of the molecule is O=c1c(-c2ccccc2)cc2cccnc2n1Cc1nnc(-c2ccc([N+](=O)[O-])cc2)o1. The second-order valence-electron chi connectivity index (χ2n) is 7.04. The number of nitrogens with zero attached hydrogens (tertiary/aromatic N) is 5. The van der Waals surface area contributed by atoms with Crippen molar-refractivity contribution in [2.24, 2.45) is 0 Å². The van der Waals surface area contributed by atoms with Gasteiger partial charge in [0.2, 0.25) is 11.8 Å². The van der Waals surface area contributed by atoms with Crippen LogP contribution in [0.4, 0.5) is 5.69 Å². The van der Waals surface area contributed by atoms with Gasteiger partial charge >= 0.3 is 0 Å². The zero-order valence-corrected chi connectivity index (χ0v) is 16.6. The second kappa shape index (κ2) is 7.88. The number of hydrogen-bond acceptors (Lipinski definition) is 7. The fourth-order valence-corrected chi connectivity index (χ4v) is 3.47. The molecule has 0 bridgehead atoms. The lowest BCUT2D eigenvalue weighted by Gasteiger charge is -2.10. The highest BCUT2D eigenvalue weighted by molar-refractivity contribution is 5.81. The fourth-order valence-electron chi connectivity index (χ4n) is 3.47. The first-order valence-corrected chi connectivity index (χ1v) is 9.71. The van der Waals surface area contributed by atoms with Crippen LogP contribution in [-0.2, 0) is 6.54 Å². The second-order valence-corrected chi connectivity index (χ2v) is 7.04. The summed E-state index contributed by atoms with van der Waals surface area (Å²) in [5, 5.41) is 19.7. The molecule has 0 radical (unpaired) electrons. The Morgan fingerprint density at radius 1 is 0.938 bits per heavy atom. The van der Waals surface area contributed by atoms with Crippen molar-refractivity contribution in [1.29, 1.82) is 0 Å². The summed E-state index contributed by atoms with van der Waals surface area (Å²) < 4.78 is 7.25. The topological polar surface area (TPSA) is 117 Å². The van der Waals surface area contributed by atoms with Gasteiger partial charge in [-0.15, -0.1) is 10.2 Å². The molecule has 32 heavy (non-hydrogen) atoms. The zero-order valence-electron chi connectivity index (χ0n) is 16.6. The van der Waals surface area contributed by atoms with Gasteiger partial charge in [0.1, 0.15) is 12.2 Å². The van der Waals surface area contributed by atoms with Gasteiger partial charge in [-0.25, -0.2) is 4.98 Å². The molecule has 0 aliphatic heterocycles. The Morgan fingerprint density at radius 3 is 2.47 bits per heavy atom. The van der Waals surface area contributed by atoms with E-state index in [0.717, 1.165) is 10.9 Å². The minimum Gasteiger partial charge on any atom is -0.419 e. The molecule has 0 saturated carbocycles. The molecule has 0 atom stereocenters. The predicted octanol–water partition coefficient (Wildman–Crippen LogP) is 4.07. The van der Waals surface area contributed by atoms with Gasteiger partial charge in [-0.3, -0.25) is 19.5 Å². The number of nitro groups is 1. The van der Waals surface area contributed by atoms with E-state index < -0.39 is 4.92 Å². The van der Waals surface area contributed by atoms with Crippen molar-refractivity contribution in [3.8, 4) is 22.6 Å². The highest BCUT2D eigenvalue weighted by Crippen LogP contribution is 2.23. The summed E-state index contributed by atoms with van der Waals surface area (Å²) in [6.07, 6.45) is 1.62. The predicted molar refractivity (Wildman–Crippen MR) is 117 cm³/mol. The van der Waals surface area contributed by atoms with Crippen LogP contribution < -0.4 is 5.56 Å². The Labute approximate surface area is 180 Å². The maximum atomic E-state index is 13.3. The summed E-state index contributed by atoms with van der Waals surface area (Å²) in [4.78, 5) is 28.1. The zero-order chi connectivity index (χ0) is 22.1. The first-order valence-electron chi connectivity index (χ1n) is 9.71. The lowest BCUT2D eigenvalue weighted by atomic mass is 10.1. The molecule has 2 aromatic carbocycles. The van der Waals surface area contributed by atoms with E-state index in [0.29, 0.717) is 16.8 Å². The van der Waals surface area contributed by atoms with Gasteiger partial charge in [0.25, 0.3) is 11.2 Å². The Kier molecular flexibility index (Phi) is 4.75. The highest BCUT2D eigenvalue weighted by atomic mass is 16.6. The number of non-ortho nitro benzene ring substituents is 1. The average Bonchev–Trinajstić information content (AvgIpc) is 3.30. The van der Waals surface area contributed by atoms with Crippen LogP contribution in [-0.4, -0.2) is 24.7 Å². The van der Waals surface area contributed by atoms with E-state index in [4.69, 9.17) is 4.42 Å². The largest absolute Gasteiger partial charge is 0.419 e. The first-order chi connectivity index (χ1) is 15.6. The molecule has 5 aromatic rings. The number of nitro benzene ring substituents is 1. The summed E-state index contributed by atoms with van der Waals surface area (Å²) in [5.41, 5.74) is 2.14. The van der Waals surface area contributed by atoms with Gasteiger partial charge < -0.3 is 4.42 Å². The monoisotopic (exact) mass is 425 g/mol. The van der Waals surface area contributed by atoms with Crippen LogP contribution in [0.1, 0.15) is 5.89 Å². The quantitative estimate of drug-likeness (QED) is 0.308. The summed E-state index contributed by atoms with van der Waals surface area (Å²) in [7, 11) is 0. The van der Waals surface area contributed by atoms with Gasteiger partial charge in [-0.1, -0.05) is 30.3 Å². The number of rotatable bonds is 5. The maximum Gasteiger partial charge on any atom is 0.269 e. The maximum absolute atomic E-state index is 13.3. The van der Waals surface area contributed by atoms with Crippen molar-refractivity contribution in [2.75, 3.05) is 0 Å². The molecule has 0 aliphatic rings. The summed E-state index contributed by atoms with van der Waals surface area (Å²) in [5.74, 6) is 0.428.